The Morgan fingerprint density at radius 3 is 2.81 bits per heavy atom. The van der Waals surface area contributed by atoms with Crippen LogP contribution in [0, 0.1) is 5.92 Å². The van der Waals surface area contributed by atoms with E-state index in [-0.39, 0.29) is 5.92 Å². The van der Waals surface area contributed by atoms with Crippen LogP contribution in [0.3, 0.4) is 0 Å². The van der Waals surface area contributed by atoms with E-state index in [1.54, 1.807) is 18.3 Å². The van der Waals surface area contributed by atoms with Crippen molar-refractivity contribution in [1.29, 1.82) is 0 Å². The summed E-state index contributed by atoms with van der Waals surface area (Å²) in [5.41, 5.74) is 0. The standard InChI is InChI=1S/C11H16ClNO2S/c1-3-13(5-8(2)11(14)15)6-10-4-9(12)7-16-10/h4,7-8H,3,5-6H2,1-2H3,(H,14,15). The largest absolute Gasteiger partial charge is 0.481 e. The zero-order valence-electron chi connectivity index (χ0n) is 9.44. The van der Waals surface area contributed by atoms with E-state index in [9.17, 15) is 4.79 Å². The molecule has 0 saturated heterocycles. The van der Waals surface area contributed by atoms with Gasteiger partial charge in [0.15, 0.2) is 0 Å². The number of thiophene rings is 1. The van der Waals surface area contributed by atoms with Crippen LogP contribution < -0.4 is 0 Å². The molecule has 0 aliphatic carbocycles. The molecule has 1 rings (SSSR count). The maximum atomic E-state index is 10.8. The molecular weight excluding hydrogens is 246 g/mol. The predicted molar refractivity (Wildman–Crippen MR) is 67.1 cm³/mol. The van der Waals surface area contributed by atoms with Gasteiger partial charge in [-0.2, -0.15) is 0 Å². The van der Waals surface area contributed by atoms with Crippen molar-refractivity contribution in [3.8, 4) is 0 Å². The summed E-state index contributed by atoms with van der Waals surface area (Å²) in [5, 5.41) is 11.5. The van der Waals surface area contributed by atoms with Crippen molar-refractivity contribution in [2.75, 3.05) is 13.1 Å². The van der Waals surface area contributed by atoms with Gasteiger partial charge < -0.3 is 5.11 Å². The lowest BCUT2D eigenvalue weighted by Gasteiger charge is -2.21. The molecule has 5 heteroatoms. The van der Waals surface area contributed by atoms with E-state index in [1.165, 1.54) is 4.88 Å². The van der Waals surface area contributed by atoms with Gasteiger partial charge in [-0.25, -0.2) is 0 Å². The van der Waals surface area contributed by atoms with Crippen LogP contribution in [-0.2, 0) is 11.3 Å². The molecule has 0 saturated carbocycles. The molecule has 1 heterocycles. The van der Waals surface area contributed by atoms with Gasteiger partial charge in [0.25, 0.3) is 0 Å². The Labute approximate surface area is 105 Å². The first-order chi connectivity index (χ1) is 7.52. The topological polar surface area (TPSA) is 40.5 Å². The molecule has 0 aliphatic rings. The maximum Gasteiger partial charge on any atom is 0.307 e. The Balaban J connectivity index is 2.52. The van der Waals surface area contributed by atoms with Gasteiger partial charge in [0.05, 0.1) is 10.9 Å². The molecule has 0 bridgehead atoms. The summed E-state index contributed by atoms with van der Waals surface area (Å²) in [4.78, 5) is 14.0. The van der Waals surface area contributed by atoms with Crippen molar-refractivity contribution >= 4 is 28.9 Å². The van der Waals surface area contributed by atoms with Crippen LogP contribution in [0.2, 0.25) is 5.02 Å². The summed E-state index contributed by atoms with van der Waals surface area (Å²) in [6.07, 6.45) is 0. The summed E-state index contributed by atoms with van der Waals surface area (Å²) >= 11 is 7.45. The van der Waals surface area contributed by atoms with Crippen molar-refractivity contribution in [1.82, 2.24) is 4.90 Å². The number of carboxylic acid groups (broad SMARTS) is 1. The van der Waals surface area contributed by atoms with Gasteiger partial charge in [-0.3, -0.25) is 9.69 Å². The first-order valence-corrected chi connectivity index (χ1v) is 6.46. The highest BCUT2D eigenvalue weighted by Gasteiger charge is 2.15. The number of hydrogen-bond donors (Lipinski definition) is 1. The number of carboxylic acids is 1. The molecule has 0 fully saturated rings. The molecule has 0 radical (unpaired) electrons. The molecule has 0 spiro atoms. The molecule has 0 aromatic carbocycles. The Morgan fingerprint density at radius 2 is 2.38 bits per heavy atom. The molecular formula is C11H16ClNO2S. The predicted octanol–water partition coefficient (Wildman–Crippen LogP) is 2.94. The number of halogens is 1. The van der Waals surface area contributed by atoms with E-state index in [4.69, 9.17) is 16.7 Å². The second kappa shape index (κ2) is 6.23. The van der Waals surface area contributed by atoms with E-state index in [2.05, 4.69) is 4.90 Å². The zero-order valence-corrected chi connectivity index (χ0v) is 11.0. The average Bonchev–Trinajstić information content (AvgIpc) is 2.62. The van der Waals surface area contributed by atoms with Gasteiger partial charge >= 0.3 is 5.97 Å². The van der Waals surface area contributed by atoms with E-state index >= 15 is 0 Å². The van der Waals surface area contributed by atoms with Crippen LogP contribution in [0.15, 0.2) is 11.4 Å². The molecule has 3 nitrogen and oxygen atoms in total. The summed E-state index contributed by atoms with van der Waals surface area (Å²) < 4.78 is 0. The fraction of sp³-hybridized carbons (Fsp3) is 0.545. The molecule has 1 aromatic heterocycles. The molecule has 1 aromatic rings. The average molecular weight is 262 g/mol. The minimum absolute atomic E-state index is 0.338. The third kappa shape index (κ3) is 4.12. The Bertz CT molecular complexity index is 354. The van der Waals surface area contributed by atoms with Crippen LogP contribution in [0.5, 0.6) is 0 Å². The van der Waals surface area contributed by atoms with Gasteiger partial charge in [0.1, 0.15) is 0 Å². The van der Waals surface area contributed by atoms with Crippen molar-refractivity contribution in [2.24, 2.45) is 5.92 Å². The highest BCUT2D eigenvalue weighted by Crippen LogP contribution is 2.20. The van der Waals surface area contributed by atoms with Gasteiger partial charge in [0, 0.05) is 23.3 Å². The number of hydrogen-bond acceptors (Lipinski definition) is 3. The summed E-state index contributed by atoms with van der Waals surface area (Å²) in [6.45, 7) is 5.94. The van der Waals surface area contributed by atoms with E-state index < -0.39 is 5.97 Å². The fourth-order valence-electron chi connectivity index (χ4n) is 1.43. The smallest absolute Gasteiger partial charge is 0.307 e. The van der Waals surface area contributed by atoms with Gasteiger partial charge in [-0.15, -0.1) is 11.3 Å². The van der Waals surface area contributed by atoms with Gasteiger partial charge in [-0.05, 0) is 12.6 Å². The number of carbonyl (C=O) groups is 1. The molecule has 0 aliphatic heterocycles. The molecule has 1 atom stereocenters. The molecule has 90 valence electrons. The Morgan fingerprint density at radius 1 is 1.69 bits per heavy atom. The minimum Gasteiger partial charge on any atom is -0.481 e. The minimum atomic E-state index is -0.748. The summed E-state index contributed by atoms with van der Waals surface area (Å²) in [6, 6.07) is 1.93. The van der Waals surface area contributed by atoms with Crippen molar-refractivity contribution in [3.63, 3.8) is 0 Å². The number of nitrogens with zero attached hydrogens (tertiary/aromatic N) is 1. The monoisotopic (exact) mass is 261 g/mol. The first kappa shape index (κ1) is 13.5. The summed E-state index contributed by atoms with van der Waals surface area (Å²) in [7, 11) is 0. The van der Waals surface area contributed by atoms with E-state index in [0.29, 0.717) is 6.54 Å². The highest BCUT2D eigenvalue weighted by molar-refractivity contribution is 7.10. The Kier molecular flexibility index (Phi) is 5.25. The lowest BCUT2D eigenvalue weighted by Crippen LogP contribution is -2.31. The Hall–Kier alpha value is -0.580. The molecule has 1 N–H and O–H groups in total. The van der Waals surface area contributed by atoms with Crippen LogP contribution in [0.1, 0.15) is 18.7 Å². The van der Waals surface area contributed by atoms with E-state index in [0.717, 1.165) is 18.1 Å². The first-order valence-electron chi connectivity index (χ1n) is 5.21. The van der Waals surface area contributed by atoms with Crippen LogP contribution in [0.25, 0.3) is 0 Å². The number of aliphatic carboxylic acids is 1. The molecule has 0 amide bonds. The second-order valence-electron chi connectivity index (χ2n) is 3.80. The number of rotatable bonds is 6. The lowest BCUT2D eigenvalue weighted by atomic mass is 10.1. The second-order valence-corrected chi connectivity index (χ2v) is 5.23. The quantitative estimate of drug-likeness (QED) is 0.856. The zero-order chi connectivity index (χ0) is 12.1. The third-order valence-electron chi connectivity index (χ3n) is 2.40. The molecule has 1 unspecified atom stereocenters. The van der Waals surface area contributed by atoms with Gasteiger partial charge in [0.2, 0.25) is 0 Å². The van der Waals surface area contributed by atoms with E-state index in [1.807, 2.05) is 18.4 Å². The lowest BCUT2D eigenvalue weighted by molar-refractivity contribution is -0.141. The van der Waals surface area contributed by atoms with Crippen molar-refractivity contribution in [3.05, 3.63) is 21.3 Å². The van der Waals surface area contributed by atoms with Crippen molar-refractivity contribution in [2.45, 2.75) is 20.4 Å². The maximum absolute atomic E-state index is 10.8. The van der Waals surface area contributed by atoms with Crippen LogP contribution in [0.4, 0.5) is 0 Å². The van der Waals surface area contributed by atoms with Crippen LogP contribution in [-0.4, -0.2) is 29.1 Å². The molecule has 16 heavy (non-hydrogen) atoms. The SMILES string of the molecule is CCN(Cc1cc(Cl)cs1)CC(C)C(=O)O. The fourth-order valence-corrected chi connectivity index (χ4v) is 2.54. The van der Waals surface area contributed by atoms with Crippen molar-refractivity contribution < 1.29 is 9.90 Å². The third-order valence-corrected chi connectivity index (χ3v) is 3.67. The highest BCUT2D eigenvalue weighted by atomic mass is 35.5. The summed E-state index contributed by atoms with van der Waals surface area (Å²) in [5.74, 6) is -1.09. The van der Waals surface area contributed by atoms with Gasteiger partial charge in [-0.1, -0.05) is 25.4 Å². The van der Waals surface area contributed by atoms with Crippen LogP contribution >= 0.6 is 22.9 Å². The normalized spacial score (nSPS) is 13.0.